The molecule has 0 aromatic heterocycles. The normalized spacial score (nSPS) is 18.9. The van der Waals surface area contributed by atoms with Crippen LogP contribution in [-0.4, -0.2) is 33.8 Å². The maximum atomic E-state index is 12.2. The molecule has 5 heteroatoms. The van der Waals surface area contributed by atoms with Gasteiger partial charge in [0.25, 0.3) is 0 Å². The average molecular weight is 527 g/mol. The highest BCUT2D eigenvalue weighted by atomic mass is 16.5. The zero-order chi connectivity index (χ0) is 28.1. The Morgan fingerprint density at radius 1 is 0.872 bits per heavy atom. The van der Waals surface area contributed by atoms with Crippen molar-refractivity contribution in [2.75, 3.05) is 37.6 Å². The minimum atomic E-state index is -0.318. The zero-order valence-electron chi connectivity index (χ0n) is 24.7. The molecule has 1 aliphatic carbocycles. The van der Waals surface area contributed by atoms with E-state index in [2.05, 4.69) is 93.9 Å². The zero-order valence-corrected chi connectivity index (χ0v) is 24.7. The number of rotatable bonds is 5. The van der Waals surface area contributed by atoms with Crippen LogP contribution in [-0.2, 0) is 15.6 Å². The van der Waals surface area contributed by atoms with Crippen LogP contribution in [0.4, 0.5) is 17.1 Å². The van der Waals surface area contributed by atoms with Gasteiger partial charge in [-0.3, -0.25) is 0 Å². The first-order valence-electron chi connectivity index (χ1n) is 14.1. The molecule has 5 nitrogen and oxygen atoms in total. The van der Waals surface area contributed by atoms with Crippen molar-refractivity contribution in [2.45, 2.75) is 70.8 Å². The molecule has 0 N–H and O–H groups in total. The van der Waals surface area contributed by atoms with Gasteiger partial charge in [0.1, 0.15) is 5.75 Å². The van der Waals surface area contributed by atoms with Crippen LogP contribution in [0.2, 0.25) is 0 Å². The number of esters is 1. The molecule has 0 saturated heterocycles. The molecule has 0 amide bonds. The molecular formula is C34H42N2O3. The SMILES string of the molecule is CCCN1c2cc(OC)ccc2N(C)c2cc3c(cc2C1c1ccc(C(=O)OC)cc1)C(C)(C)CCC3(C)C. The lowest BCUT2D eigenvalue weighted by Crippen LogP contribution is -2.35. The lowest BCUT2D eigenvalue weighted by Gasteiger charge is -2.43. The molecule has 1 aliphatic heterocycles. The van der Waals surface area contributed by atoms with Crippen molar-refractivity contribution in [1.29, 1.82) is 0 Å². The summed E-state index contributed by atoms with van der Waals surface area (Å²) in [5.41, 5.74) is 9.62. The van der Waals surface area contributed by atoms with Gasteiger partial charge in [0.2, 0.25) is 0 Å². The Kier molecular flexibility index (Phi) is 6.90. The third-order valence-electron chi connectivity index (χ3n) is 8.93. The number of ether oxygens (including phenoxy) is 2. The van der Waals surface area contributed by atoms with Gasteiger partial charge in [-0.05, 0) is 77.1 Å². The summed E-state index contributed by atoms with van der Waals surface area (Å²) in [6.45, 7) is 12.6. The standard InChI is InChI=1S/C34H42N2O3/c1-9-18-36-30-19-24(38-7)14-15-28(30)35(6)29-21-27-26(33(2,3)16-17-34(27,4)5)20-25(29)31(36)22-10-12-23(13-11-22)32(37)39-8/h10-15,19-21,31H,9,16-18H2,1-8H3. The summed E-state index contributed by atoms with van der Waals surface area (Å²) in [7, 11) is 5.33. The van der Waals surface area contributed by atoms with Crippen LogP contribution in [0.1, 0.15) is 92.5 Å². The molecule has 3 aromatic rings. The van der Waals surface area contributed by atoms with Crippen molar-refractivity contribution in [3.63, 3.8) is 0 Å². The Labute approximate surface area is 233 Å². The van der Waals surface area contributed by atoms with E-state index in [0.717, 1.165) is 42.1 Å². The molecule has 2 aliphatic rings. The van der Waals surface area contributed by atoms with Gasteiger partial charge in [-0.25, -0.2) is 4.79 Å². The summed E-state index contributed by atoms with van der Waals surface area (Å²) in [5.74, 6) is 0.525. The topological polar surface area (TPSA) is 42.0 Å². The minimum Gasteiger partial charge on any atom is -0.497 e. The highest BCUT2D eigenvalue weighted by molar-refractivity contribution is 5.89. The summed E-state index contributed by atoms with van der Waals surface area (Å²) in [4.78, 5) is 17.1. The Hall–Kier alpha value is -3.47. The molecule has 0 radical (unpaired) electrons. The summed E-state index contributed by atoms with van der Waals surface area (Å²) < 4.78 is 10.7. The number of nitrogens with zero attached hydrogens (tertiary/aromatic N) is 2. The van der Waals surface area contributed by atoms with Crippen molar-refractivity contribution in [3.8, 4) is 5.75 Å². The number of carbonyl (C=O) groups is 1. The van der Waals surface area contributed by atoms with E-state index < -0.39 is 0 Å². The first-order valence-corrected chi connectivity index (χ1v) is 14.1. The number of carbonyl (C=O) groups excluding carboxylic acids is 1. The van der Waals surface area contributed by atoms with Crippen LogP contribution in [0, 0.1) is 0 Å². The Balaban J connectivity index is 1.83. The molecule has 0 bridgehead atoms. The van der Waals surface area contributed by atoms with Crippen molar-refractivity contribution >= 4 is 23.0 Å². The van der Waals surface area contributed by atoms with E-state index in [1.165, 1.54) is 35.9 Å². The number of anilines is 3. The van der Waals surface area contributed by atoms with Crippen LogP contribution in [0.25, 0.3) is 0 Å². The third kappa shape index (κ3) is 4.56. The molecular weight excluding hydrogens is 484 g/mol. The number of benzene rings is 3. The molecule has 1 heterocycles. The fourth-order valence-corrected chi connectivity index (χ4v) is 6.48. The molecule has 3 aromatic carbocycles. The average Bonchev–Trinajstić information content (AvgIpc) is 3.03. The molecule has 39 heavy (non-hydrogen) atoms. The van der Waals surface area contributed by atoms with Gasteiger partial charge in [0.05, 0.1) is 37.2 Å². The quantitative estimate of drug-likeness (QED) is 0.316. The van der Waals surface area contributed by atoms with E-state index in [9.17, 15) is 4.79 Å². The second-order valence-electron chi connectivity index (χ2n) is 12.3. The van der Waals surface area contributed by atoms with Crippen molar-refractivity contribution in [1.82, 2.24) is 0 Å². The second kappa shape index (κ2) is 9.93. The minimum absolute atomic E-state index is 0.0337. The van der Waals surface area contributed by atoms with E-state index in [-0.39, 0.29) is 22.8 Å². The molecule has 0 fully saturated rings. The predicted molar refractivity (Wildman–Crippen MR) is 160 cm³/mol. The molecule has 206 valence electrons. The van der Waals surface area contributed by atoms with Gasteiger partial charge < -0.3 is 19.3 Å². The molecule has 5 rings (SSSR count). The Bertz CT molecular complexity index is 1390. The Morgan fingerprint density at radius 3 is 2.10 bits per heavy atom. The highest BCUT2D eigenvalue weighted by Crippen LogP contribution is 2.53. The van der Waals surface area contributed by atoms with Crippen LogP contribution in [0.3, 0.4) is 0 Å². The largest absolute Gasteiger partial charge is 0.497 e. The summed E-state index contributed by atoms with van der Waals surface area (Å²) in [6, 6.07) is 19.3. The van der Waals surface area contributed by atoms with Gasteiger partial charge in [-0.1, -0.05) is 52.8 Å². The van der Waals surface area contributed by atoms with E-state index in [4.69, 9.17) is 9.47 Å². The first kappa shape index (κ1) is 27.1. The van der Waals surface area contributed by atoms with Gasteiger partial charge in [0, 0.05) is 30.9 Å². The van der Waals surface area contributed by atoms with Gasteiger partial charge in [0.15, 0.2) is 0 Å². The van der Waals surface area contributed by atoms with Crippen LogP contribution < -0.4 is 14.5 Å². The fourth-order valence-electron chi connectivity index (χ4n) is 6.48. The van der Waals surface area contributed by atoms with E-state index in [1.54, 1.807) is 7.11 Å². The summed E-state index contributed by atoms with van der Waals surface area (Å²) in [5, 5.41) is 0. The van der Waals surface area contributed by atoms with Crippen molar-refractivity contribution in [3.05, 3.63) is 82.4 Å². The van der Waals surface area contributed by atoms with Gasteiger partial charge in [-0.2, -0.15) is 0 Å². The van der Waals surface area contributed by atoms with E-state index >= 15 is 0 Å². The summed E-state index contributed by atoms with van der Waals surface area (Å²) >= 11 is 0. The molecule has 0 spiro atoms. The maximum absolute atomic E-state index is 12.2. The van der Waals surface area contributed by atoms with Gasteiger partial charge in [-0.15, -0.1) is 0 Å². The highest BCUT2D eigenvalue weighted by Gasteiger charge is 2.40. The Morgan fingerprint density at radius 2 is 1.51 bits per heavy atom. The number of hydrogen-bond acceptors (Lipinski definition) is 5. The second-order valence-corrected chi connectivity index (χ2v) is 12.3. The monoisotopic (exact) mass is 526 g/mol. The van der Waals surface area contributed by atoms with Crippen LogP contribution >= 0.6 is 0 Å². The molecule has 0 saturated carbocycles. The first-order chi connectivity index (χ1) is 18.5. The van der Waals surface area contributed by atoms with Crippen LogP contribution in [0.15, 0.2) is 54.6 Å². The smallest absolute Gasteiger partial charge is 0.337 e. The predicted octanol–water partition coefficient (Wildman–Crippen LogP) is 7.92. The lowest BCUT2D eigenvalue weighted by atomic mass is 9.62. The molecule has 1 atom stereocenters. The lowest BCUT2D eigenvalue weighted by molar-refractivity contribution is 0.0600. The van der Waals surface area contributed by atoms with Crippen LogP contribution in [0.5, 0.6) is 5.75 Å². The van der Waals surface area contributed by atoms with E-state index in [1.807, 2.05) is 12.1 Å². The maximum Gasteiger partial charge on any atom is 0.337 e. The number of methoxy groups -OCH3 is 2. The number of hydrogen-bond donors (Lipinski definition) is 0. The number of fused-ring (bicyclic) bond motifs is 3. The summed E-state index contributed by atoms with van der Waals surface area (Å²) in [6.07, 6.45) is 3.33. The van der Waals surface area contributed by atoms with Gasteiger partial charge >= 0.3 is 5.97 Å². The fraction of sp³-hybridized carbons (Fsp3) is 0.441. The van der Waals surface area contributed by atoms with Crippen molar-refractivity contribution in [2.24, 2.45) is 0 Å². The third-order valence-corrected chi connectivity index (χ3v) is 8.93. The molecule has 1 unspecified atom stereocenters. The van der Waals surface area contributed by atoms with E-state index in [0.29, 0.717) is 5.56 Å². The van der Waals surface area contributed by atoms with Crippen molar-refractivity contribution < 1.29 is 14.3 Å².